The first-order valence-corrected chi connectivity index (χ1v) is 8.58. The predicted octanol–water partition coefficient (Wildman–Crippen LogP) is 3.21. The number of hydrogen-bond acceptors (Lipinski definition) is 4. The Balaban J connectivity index is 1.92. The van der Waals surface area contributed by atoms with E-state index < -0.39 is 0 Å². The summed E-state index contributed by atoms with van der Waals surface area (Å²) >= 11 is 0. The van der Waals surface area contributed by atoms with Crippen LogP contribution in [0.25, 0.3) is 0 Å². The molecule has 0 spiro atoms. The molecular weight excluding hydrogens is 286 g/mol. The fourth-order valence-corrected chi connectivity index (χ4v) is 4.28. The molecule has 1 aromatic rings. The quantitative estimate of drug-likeness (QED) is 0.804. The minimum Gasteiger partial charge on any atom is -0.369 e. The Morgan fingerprint density at radius 2 is 2.00 bits per heavy atom. The minimum absolute atomic E-state index is 0.0517. The zero-order chi connectivity index (χ0) is 16.6. The van der Waals surface area contributed by atoms with Crippen LogP contribution in [0.5, 0.6) is 0 Å². The molecule has 2 atom stereocenters. The lowest BCUT2D eigenvalue weighted by atomic mass is 10.0. The van der Waals surface area contributed by atoms with Crippen LogP contribution in [-0.2, 0) is 0 Å². The number of nitrogens with zero attached hydrogens (tertiary/aromatic N) is 3. The first-order chi connectivity index (χ1) is 11.0. The zero-order valence-corrected chi connectivity index (χ0v) is 14.2. The molecule has 2 aliphatic rings. The maximum Gasteiger partial charge on any atom is 0.159 e. The summed E-state index contributed by atoms with van der Waals surface area (Å²) in [5.74, 6) is 0.0517. The number of nitriles is 1. The van der Waals surface area contributed by atoms with Crippen molar-refractivity contribution in [3.05, 3.63) is 29.3 Å². The van der Waals surface area contributed by atoms with Gasteiger partial charge in [0.15, 0.2) is 5.78 Å². The van der Waals surface area contributed by atoms with Gasteiger partial charge in [-0.25, -0.2) is 0 Å². The van der Waals surface area contributed by atoms with E-state index in [1.165, 1.54) is 12.8 Å². The summed E-state index contributed by atoms with van der Waals surface area (Å²) in [5.41, 5.74) is 2.29. The second-order valence-electron chi connectivity index (χ2n) is 7.06. The van der Waals surface area contributed by atoms with Crippen LogP contribution in [0.4, 0.5) is 5.69 Å². The Hall–Kier alpha value is -1.86. The fraction of sp³-hybridized carbons (Fsp3) is 0.579. The van der Waals surface area contributed by atoms with Crippen LogP contribution in [-0.4, -0.2) is 41.9 Å². The minimum atomic E-state index is 0.0517. The van der Waals surface area contributed by atoms with Crippen LogP contribution < -0.4 is 4.90 Å². The molecule has 1 aromatic carbocycles. The molecule has 3 rings (SSSR count). The molecule has 23 heavy (non-hydrogen) atoms. The topological polar surface area (TPSA) is 47.3 Å². The van der Waals surface area contributed by atoms with Gasteiger partial charge in [-0.05, 0) is 58.2 Å². The summed E-state index contributed by atoms with van der Waals surface area (Å²) in [6.45, 7) is 8.04. The van der Waals surface area contributed by atoms with Crippen molar-refractivity contribution < 1.29 is 4.79 Å². The molecule has 122 valence electrons. The number of carbonyl (C=O) groups is 1. The molecule has 4 heteroatoms. The van der Waals surface area contributed by atoms with E-state index in [0.29, 0.717) is 29.3 Å². The smallest absolute Gasteiger partial charge is 0.159 e. The third-order valence-electron chi connectivity index (χ3n) is 5.30. The Labute approximate surface area is 138 Å². The molecule has 2 aliphatic heterocycles. The number of fused-ring (bicyclic) bond motifs is 2. The first-order valence-electron chi connectivity index (χ1n) is 8.58. The molecule has 2 heterocycles. The molecule has 0 aromatic heterocycles. The molecule has 2 unspecified atom stereocenters. The van der Waals surface area contributed by atoms with Gasteiger partial charge in [-0.3, -0.25) is 9.69 Å². The van der Waals surface area contributed by atoms with Gasteiger partial charge in [0.25, 0.3) is 0 Å². The molecule has 2 saturated heterocycles. The summed E-state index contributed by atoms with van der Waals surface area (Å²) in [5, 5.41) is 9.45. The zero-order valence-electron chi connectivity index (χ0n) is 14.2. The van der Waals surface area contributed by atoms with Crippen LogP contribution in [0.1, 0.15) is 56.0 Å². The highest BCUT2D eigenvalue weighted by molar-refractivity contribution is 5.95. The summed E-state index contributed by atoms with van der Waals surface area (Å²) < 4.78 is 0. The molecule has 0 aliphatic carbocycles. The van der Waals surface area contributed by atoms with Gasteiger partial charge in [-0.1, -0.05) is 0 Å². The van der Waals surface area contributed by atoms with E-state index in [2.05, 4.69) is 29.7 Å². The highest BCUT2D eigenvalue weighted by Gasteiger charge is 2.38. The van der Waals surface area contributed by atoms with Gasteiger partial charge < -0.3 is 4.90 Å². The van der Waals surface area contributed by atoms with E-state index in [1.807, 2.05) is 6.07 Å². The van der Waals surface area contributed by atoms with Crippen molar-refractivity contribution in [1.29, 1.82) is 5.26 Å². The van der Waals surface area contributed by atoms with Crippen LogP contribution >= 0.6 is 0 Å². The maximum absolute atomic E-state index is 11.7. The van der Waals surface area contributed by atoms with E-state index in [-0.39, 0.29) is 5.78 Å². The predicted molar refractivity (Wildman–Crippen MR) is 91.8 cm³/mol. The van der Waals surface area contributed by atoms with Crippen LogP contribution in [0, 0.1) is 11.3 Å². The maximum atomic E-state index is 11.7. The van der Waals surface area contributed by atoms with E-state index in [1.54, 1.807) is 19.1 Å². The number of hydrogen-bond donors (Lipinski definition) is 0. The van der Waals surface area contributed by atoms with E-state index in [9.17, 15) is 10.1 Å². The summed E-state index contributed by atoms with van der Waals surface area (Å²) in [6, 6.07) is 9.51. The highest BCUT2D eigenvalue weighted by atomic mass is 16.1. The fourth-order valence-electron chi connectivity index (χ4n) is 4.28. The molecular formula is C19H25N3O. The van der Waals surface area contributed by atoms with Crippen molar-refractivity contribution in [3.63, 3.8) is 0 Å². The Bertz CT molecular complexity index is 647. The van der Waals surface area contributed by atoms with E-state index in [4.69, 9.17) is 0 Å². The Morgan fingerprint density at radius 3 is 2.65 bits per heavy atom. The second kappa shape index (κ2) is 6.33. The lowest BCUT2D eigenvalue weighted by molar-refractivity contribution is 0.101. The summed E-state index contributed by atoms with van der Waals surface area (Å²) in [6.07, 6.45) is 3.65. The molecule has 0 saturated carbocycles. The van der Waals surface area contributed by atoms with Crippen molar-refractivity contribution in [1.82, 2.24) is 4.90 Å². The average molecular weight is 311 g/mol. The average Bonchev–Trinajstić information content (AvgIpc) is 2.81. The molecule has 2 bridgehead atoms. The molecule has 0 amide bonds. The van der Waals surface area contributed by atoms with Gasteiger partial charge in [-0.15, -0.1) is 0 Å². The monoisotopic (exact) mass is 311 g/mol. The van der Waals surface area contributed by atoms with E-state index in [0.717, 1.165) is 25.2 Å². The molecule has 4 nitrogen and oxygen atoms in total. The van der Waals surface area contributed by atoms with Crippen LogP contribution in [0.15, 0.2) is 18.2 Å². The van der Waals surface area contributed by atoms with Gasteiger partial charge in [0.1, 0.15) is 6.07 Å². The van der Waals surface area contributed by atoms with Crippen LogP contribution in [0.3, 0.4) is 0 Å². The standard InChI is InChI=1S/C19H25N3O/c1-13(2)22-17-6-7-18(22)12-21(9-8-17)19-10-15(14(3)23)4-5-16(19)11-20/h4-5,10,13,17-18H,6-9,12H2,1-3H3. The number of carbonyl (C=O) groups excluding carboxylic acids is 1. The SMILES string of the molecule is CC(=O)c1ccc(C#N)c(N2CCC3CCC(C2)N3C(C)C)c1. The van der Waals surface area contributed by atoms with Crippen molar-refractivity contribution in [3.8, 4) is 6.07 Å². The number of ketones is 1. The number of rotatable bonds is 3. The molecule has 0 N–H and O–H groups in total. The van der Waals surface area contributed by atoms with Gasteiger partial charge in [-0.2, -0.15) is 5.26 Å². The summed E-state index contributed by atoms with van der Waals surface area (Å²) in [4.78, 5) is 16.7. The third kappa shape index (κ3) is 2.98. The van der Waals surface area contributed by atoms with Gasteiger partial charge in [0, 0.05) is 36.8 Å². The Kier molecular flexibility index (Phi) is 4.41. The molecule has 2 fully saturated rings. The van der Waals surface area contributed by atoms with Gasteiger partial charge >= 0.3 is 0 Å². The van der Waals surface area contributed by atoms with Crippen molar-refractivity contribution in [2.24, 2.45) is 0 Å². The lowest BCUT2D eigenvalue weighted by Crippen LogP contribution is -2.43. The normalized spacial score (nSPS) is 24.6. The van der Waals surface area contributed by atoms with E-state index >= 15 is 0 Å². The van der Waals surface area contributed by atoms with Gasteiger partial charge in [0.2, 0.25) is 0 Å². The number of benzene rings is 1. The largest absolute Gasteiger partial charge is 0.369 e. The molecule has 0 radical (unpaired) electrons. The van der Waals surface area contributed by atoms with Gasteiger partial charge in [0.05, 0.1) is 11.3 Å². The summed E-state index contributed by atoms with van der Waals surface area (Å²) in [7, 11) is 0. The van der Waals surface area contributed by atoms with Crippen molar-refractivity contribution in [2.75, 3.05) is 18.0 Å². The highest BCUT2D eigenvalue weighted by Crippen LogP contribution is 2.34. The number of Topliss-reactive ketones (excluding diaryl/α,β-unsaturated/α-hetero) is 1. The van der Waals surface area contributed by atoms with Crippen LogP contribution in [0.2, 0.25) is 0 Å². The lowest BCUT2D eigenvalue weighted by Gasteiger charge is -2.32. The number of anilines is 1. The third-order valence-corrected chi connectivity index (χ3v) is 5.30. The Morgan fingerprint density at radius 1 is 1.26 bits per heavy atom. The second-order valence-corrected chi connectivity index (χ2v) is 7.06. The van der Waals surface area contributed by atoms with Crippen molar-refractivity contribution >= 4 is 11.5 Å². The first kappa shape index (κ1) is 16.0. The van der Waals surface area contributed by atoms with Crippen molar-refractivity contribution in [2.45, 2.75) is 58.2 Å².